The minimum Gasteiger partial charge on any atom is -0.383 e. The fourth-order valence-corrected chi connectivity index (χ4v) is 3.79. The Hall–Kier alpha value is -1.39. The number of rotatable bonds is 4. The molecule has 2 atom stereocenters. The monoisotopic (exact) mass is 302 g/mol. The molecule has 2 saturated heterocycles. The number of benzene rings is 1. The highest BCUT2D eigenvalue weighted by molar-refractivity contribution is 5.94. The summed E-state index contributed by atoms with van der Waals surface area (Å²) in [6.07, 6.45) is 1.20. The molecule has 1 aromatic carbocycles. The van der Waals surface area contributed by atoms with Gasteiger partial charge in [-0.05, 0) is 43.9 Å². The Bertz CT molecular complexity index is 532. The molecule has 2 aliphatic heterocycles. The van der Waals surface area contributed by atoms with E-state index in [0.29, 0.717) is 11.8 Å². The van der Waals surface area contributed by atoms with E-state index in [9.17, 15) is 4.79 Å². The van der Waals surface area contributed by atoms with Gasteiger partial charge >= 0.3 is 0 Å². The van der Waals surface area contributed by atoms with Crippen LogP contribution in [0.15, 0.2) is 24.3 Å². The molecule has 1 aromatic rings. The molecule has 0 saturated carbocycles. The van der Waals surface area contributed by atoms with Crippen molar-refractivity contribution in [1.82, 2.24) is 9.80 Å². The molecule has 4 heteroatoms. The number of likely N-dealkylation sites (tertiary alicyclic amines) is 2. The van der Waals surface area contributed by atoms with Gasteiger partial charge in [-0.1, -0.05) is 17.7 Å². The van der Waals surface area contributed by atoms with Gasteiger partial charge < -0.3 is 14.5 Å². The van der Waals surface area contributed by atoms with E-state index in [1.165, 1.54) is 6.42 Å². The van der Waals surface area contributed by atoms with Gasteiger partial charge in [0.2, 0.25) is 0 Å². The fourth-order valence-electron chi connectivity index (χ4n) is 3.79. The second kappa shape index (κ2) is 6.80. The number of aryl methyl sites for hydroxylation is 1. The van der Waals surface area contributed by atoms with Gasteiger partial charge in [0.05, 0.1) is 6.61 Å². The van der Waals surface area contributed by atoms with Gasteiger partial charge in [0.15, 0.2) is 0 Å². The predicted molar refractivity (Wildman–Crippen MR) is 87.0 cm³/mol. The Balaban J connectivity index is 1.61. The third kappa shape index (κ3) is 3.33. The summed E-state index contributed by atoms with van der Waals surface area (Å²) in [6, 6.07) is 7.93. The quantitative estimate of drug-likeness (QED) is 0.853. The molecule has 120 valence electrons. The first-order chi connectivity index (χ1) is 10.7. The summed E-state index contributed by atoms with van der Waals surface area (Å²) in [7, 11) is 1.75. The number of fused-ring (bicyclic) bond motifs is 1. The minimum atomic E-state index is 0.196. The van der Waals surface area contributed by atoms with Crippen molar-refractivity contribution in [3.63, 3.8) is 0 Å². The van der Waals surface area contributed by atoms with Crippen LogP contribution in [0, 0.1) is 18.8 Å². The SMILES string of the molecule is COCCN1CC[C@H]2CN(C(=O)c3cccc(C)c3)C[C@H]2C1. The van der Waals surface area contributed by atoms with Crippen LogP contribution in [0.2, 0.25) is 0 Å². The van der Waals surface area contributed by atoms with Gasteiger partial charge in [-0.15, -0.1) is 0 Å². The lowest BCUT2D eigenvalue weighted by Crippen LogP contribution is -2.41. The van der Waals surface area contributed by atoms with Crippen LogP contribution in [0.3, 0.4) is 0 Å². The molecular formula is C18H26N2O2. The zero-order valence-electron chi connectivity index (χ0n) is 13.6. The van der Waals surface area contributed by atoms with Crippen molar-refractivity contribution >= 4 is 5.91 Å². The average Bonchev–Trinajstić information content (AvgIpc) is 2.95. The molecule has 0 aliphatic carbocycles. The maximum absolute atomic E-state index is 12.7. The number of carbonyl (C=O) groups excluding carboxylic acids is 1. The van der Waals surface area contributed by atoms with E-state index in [4.69, 9.17) is 4.74 Å². The smallest absolute Gasteiger partial charge is 0.253 e. The second-order valence-corrected chi connectivity index (χ2v) is 6.68. The number of hydrogen-bond donors (Lipinski definition) is 0. The Kier molecular flexibility index (Phi) is 4.79. The summed E-state index contributed by atoms with van der Waals surface area (Å²) in [4.78, 5) is 17.2. The van der Waals surface area contributed by atoms with Crippen LogP contribution in [-0.4, -0.2) is 62.1 Å². The molecule has 0 radical (unpaired) electrons. The zero-order valence-corrected chi connectivity index (χ0v) is 13.6. The number of nitrogens with zero attached hydrogens (tertiary/aromatic N) is 2. The van der Waals surface area contributed by atoms with Gasteiger partial charge in [0, 0.05) is 38.9 Å². The third-order valence-electron chi connectivity index (χ3n) is 5.05. The number of carbonyl (C=O) groups is 1. The van der Waals surface area contributed by atoms with Crippen molar-refractivity contribution in [1.29, 1.82) is 0 Å². The predicted octanol–water partition coefficient (Wildman–Crippen LogP) is 2.04. The summed E-state index contributed by atoms with van der Waals surface area (Å²) < 4.78 is 5.18. The van der Waals surface area contributed by atoms with Gasteiger partial charge in [-0.25, -0.2) is 0 Å². The van der Waals surface area contributed by atoms with Crippen molar-refractivity contribution in [3.8, 4) is 0 Å². The highest BCUT2D eigenvalue weighted by Crippen LogP contribution is 2.31. The molecule has 0 N–H and O–H groups in total. The van der Waals surface area contributed by atoms with Crippen molar-refractivity contribution in [3.05, 3.63) is 35.4 Å². The summed E-state index contributed by atoms with van der Waals surface area (Å²) in [5, 5.41) is 0. The topological polar surface area (TPSA) is 32.8 Å². The van der Waals surface area contributed by atoms with E-state index in [1.54, 1.807) is 7.11 Å². The standard InChI is InChI=1S/C18H26N2O2/c1-14-4-3-5-15(10-14)18(21)20-12-16-6-7-19(8-9-22-2)11-17(16)13-20/h3-5,10,16-17H,6-9,11-13H2,1-2H3/t16-,17+/m0/s1. The fraction of sp³-hybridized carbons (Fsp3) is 0.611. The Morgan fingerprint density at radius 3 is 2.86 bits per heavy atom. The van der Waals surface area contributed by atoms with Crippen molar-refractivity contribution in [2.24, 2.45) is 11.8 Å². The highest BCUT2D eigenvalue weighted by Gasteiger charge is 2.38. The van der Waals surface area contributed by atoms with E-state index in [-0.39, 0.29) is 5.91 Å². The van der Waals surface area contributed by atoms with E-state index in [1.807, 2.05) is 31.2 Å². The zero-order chi connectivity index (χ0) is 15.5. The largest absolute Gasteiger partial charge is 0.383 e. The lowest BCUT2D eigenvalue weighted by atomic mass is 9.89. The minimum absolute atomic E-state index is 0.196. The number of amides is 1. The average molecular weight is 302 g/mol. The van der Waals surface area contributed by atoms with Crippen LogP contribution in [0.25, 0.3) is 0 Å². The molecular weight excluding hydrogens is 276 g/mol. The molecule has 2 fully saturated rings. The maximum Gasteiger partial charge on any atom is 0.253 e. The van der Waals surface area contributed by atoms with Crippen LogP contribution in [-0.2, 0) is 4.74 Å². The molecule has 0 bridgehead atoms. The molecule has 3 rings (SSSR count). The van der Waals surface area contributed by atoms with E-state index in [0.717, 1.165) is 50.5 Å². The van der Waals surface area contributed by atoms with Crippen LogP contribution in [0.5, 0.6) is 0 Å². The summed E-state index contributed by atoms with van der Waals surface area (Å²) in [6.45, 7) is 7.90. The van der Waals surface area contributed by atoms with Crippen LogP contribution in [0.1, 0.15) is 22.3 Å². The maximum atomic E-state index is 12.7. The third-order valence-corrected chi connectivity index (χ3v) is 5.05. The number of ether oxygens (including phenoxy) is 1. The van der Waals surface area contributed by atoms with Crippen molar-refractivity contribution in [2.45, 2.75) is 13.3 Å². The van der Waals surface area contributed by atoms with E-state index in [2.05, 4.69) is 9.80 Å². The molecule has 0 aromatic heterocycles. The van der Waals surface area contributed by atoms with Crippen LogP contribution >= 0.6 is 0 Å². The lowest BCUT2D eigenvalue weighted by Gasteiger charge is -2.33. The first kappa shape index (κ1) is 15.5. The number of hydrogen-bond acceptors (Lipinski definition) is 3. The van der Waals surface area contributed by atoms with Gasteiger partial charge in [-0.3, -0.25) is 4.79 Å². The van der Waals surface area contributed by atoms with Crippen molar-refractivity contribution in [2.75, 3.05) is 46.4 Å². The van der Waals surface area contributed by atoms with E-state index >= 15 is 0 Å². The Morgan fingerprint density at radius 2 is 2.09 bits per heavy atom. The normalized spacial score (nSPS) is 25.3. The molecule has 0 spiro atoms. The molecule has 0 unspecified atom stereocenters. The molecule has 2 aliphatic rings. The van der Waals surface area contributed by atoms with Crippen molar-refractivity contribution < 1.29 is 9.53 Å². The molecule has 4 nitrogen and oxygen atoms in total. The van der Waals surface area contributed by atoms with E-state index < -0.39 is 0 Å². The van der Waals surface area contributed by atoms with Crippen LogP contribution < -0.4 is 0 Å². The molecule has 1 amide bonds. The Labute approximate surface area is 133 Å². The molecule has 22 heavy (non-hydrogen) atoms. The first-order valence-corrected chi connectivity index (χ1v) is 8.24. The highest BCUT2D eigenvalue weighted by atomic mass is 16.5. The van der Waals surface area contributed by atoms with Crippen LogP contribution in [0.4, 0.5) is 0 Å². The number of methoxy groups -OCH3 is 1. The van der Waals surface area contributed by atoms with Gasteiger partial charge in [0.25, 0.3) is 5.91 Å². The first-order valence-electron chi connectivity index (χ1n) is 8.24. The van der Waals surface area contributed by atoms with Gasteiger partial charge in [0.1, 0.15) is 0 Å². The summed E-state index contributed by atoms with van der Waals surface area (Å²) in [5.74, 6) is 1.49. The summed E-state index contributed by atoms with van der Waals surface area (Å²) >= 11 is 0. The second-order valence-electron chi connectivity index (χ2n) is 6.68. The molecule has 2 heterocycles. The lowest BCUT2D eigenvalue weighted by molar-refractivity contribution is 0.0782. The van der Waals surface area contributed by atoms with Gasteiger partial charge in [-0.2, -0.15) is 0 Å². The summed E-state index contributed by atoms with van der Waals surface area (Å²) in [5.41, 5.74) is 1.98. The number of piperidine rings is 1. The Morgan fingerprint density at radius 1 is 1.27 bits per heavy atom.